The van der Waals surface area contributed by atoms with Crippen LogP contribution in [-0.4, -0.2) is 98.3 Å². The molecule has 53 heavy (non-hydrogen) atoms. The molecule has 0 bridgehead atoms. The van der Waals surface area contributed by atoms with E-state index in [4.69, 9.17) is 14.2 Å². The highest BCUT2D eigenvalue weighted by Gasteiger charge is 2.83. The lowest BCUT2D eigenvalue weighted by Crippen LogP contribution is -2.80. The first-order valence-corrected chi connectivity index (χ1v) is 20.8. The second kappa shape index (κ2) is 9.63. The molecule has 3 aliphatic carbocycles. The van der Waals surface area contributed by atoms with Gasteiger partial charge in [-0.1, -0.05) is 36.8 Å². The van der Waals surface area contributed by atoms with Gasteiger partial charge in [0.15, 0.2) is 5.72 Å². The van der Waals surface area contributed by atoms with Gasteiger partial charge in [-0.15, -0.1) is 0 Å². The van der Waals surface area contributed by atoms with Gasteiger partial charge in [0.25, 0.3) is 0 Å². The van der Waals surface area contributed by atoms with E-state index in [-0.39, 0.29) is 51.1 Å². The average molecular weight is 717 g/mol. The topological polar surface area (TPSA) is 86.7 Å². The third kappa shape index (κ3) is 3.08. The van der Waals surface area contributed by atoms with Crippen LogP contribution >= 0.6 is 0 Å². The number of fused-ring (bicyclic) bond motifs is 4. The smallest absolute Gasteiger partial charge is 0.335 e. The van der Waals surface area contributed by atoms with E-state index < -0.39 is 5.72 Å². The highest BCUT2D eigenvalue weighted by molar-refractivity contribution is 5.93. The van der Waals surface area contributed by atoms with Crippen molar-refractivity contribution in [3.8, 4) is 5.75 Å². The molecule has 13 rings (SSSR count). The second-order valence-electron chi connectivity index (χ2n) is 19.4. The number of aliphatic hydroxyl groups is 1. The molecular formula is C44H52N4O5. The van der Waals surface area contributed by atoms with Gasteiger partial charge in [0, 0.05) is 59.9 Å². The first-order chi connectivity index (χ1) is 25.8. The molecule has 0 unspecified atom stereocenters. The van der Waals surface area contributed by atoms with Crippen molar-refractivity contribution in [1.29, 1.82) is 0 Å². The van der Waals surface area contributed by atoms with Crippen molar-refractivity contribution >= 4 is 17.3 Å². The Morgan fingerprint density at radius 3 is 2.64 bits per heavy atom. The normalized spacial score (nSPS) is 47.6. The van der Waals surface area contributed by atoms with Crippen molar-refractivity contribution in [2.24, 2.45) is 28.1 Å². The number of carbonyl (C=O) groups is 1. The van der Waals surface area contributed by atoms with Gasteiger partial charge in [-0.25, -0.2) is 4.79 Å². The minimum atomic E-state index is -0.982. The quantitative estimate of drug-likeness (QED) is 0.409. The lowest BCUT2D eigenvalue weighted by Gasteiger charge is -2.71. The number of piperidine rings is 3. The summed E-state index contributed by atoms with van der Waals surface area (Å²) in [6.45, 7) is 5.59. The number of hydrogen-bond acceptors (Lipinski definition) is 9. The maximum absolute atomic E-state index is 14.1. The minimum Gasteiger partial charge on any atom is -0.495 e. The summed E-state index contributed by atoms with van der Waals surface area (Å²) in [5.74, 6) is 1.53. The standard InChI is InChI=1S/C44H52N4O5/c1-51-32-11-5-9-30-33(32)48-25-39(21-27-22-40-13-6-7-26(40)12-17-46-19-15-43(30,37(40)46)44(27,48)50)24-47-18-14-42-29-8-3-4-10-31(29)45-34(42)28(35(49)52-2)23-41(36(42)47)16-20-53-38(39)41/h3-5,8-11,26-27,36-38,45,50H,6-7,12-25H2,1-2H3/t26-,27+,36-,37-,38-,39-,40+,41-,42-,43+,44+/m0/s1. The molecule has 8 aliphatic heterocycles. The number of hydrogen-bond donors (Lipinski definition) is 2. The van der Waals surface area contributed by atoms with Crippen LogP contribution in [0.2, 0.25) is 0 Å². The van der Waals surface area contributed by atoms with Gasteiger partial charge in [-0.3, -0.25) is 9.80 Å². The van der Waals surface area contributed by atoms with Gasteiger partial charge in [0.05, 0.1) is 42.4 Å². The molecule has 6 saturated heterocycles. The van der Waals surface area contributed by atoms with E-state index in [1.165, 1.54) is 43.9 Å². The number of rotatable bonds is 2. The number of methoxy groups -OCH3 is 2. The molecule has 278 valence electrons. The van der Waals surface area contributed by atoms with E-state index in [1.54, 1.807) is 0 Å². The summed E-state index contributed by atoms with van der Waals surface area (Å²) in [6.07, 6.45) is 10.8. The molecule has 11 atom stereocenters. The summed E-state index contributed by atoms with van der Waals surface area (Å²) in [5.41, 5.74) is 4.96. The lowest BCUT2D eigenvalue weighted by molar-refractivity contribution is -0.231. The van der Waals surface area contributed by atoms with Gasteiger partial charge >= 0.3 is 5.97 Å². The van der Waals surface area contributed by atoms with E-state index in [0.717, 1.165) is 99.1 Å². The Morgan fingerprint density at radius 1 is 0.887 bits per heavy atom. The Balaban J connectivity index is 1.02. The van der Waals surface area contributed by atoms with Gasteiger partial charge in [0.2, 0.25) is 0 Å². The Kier molecular flexibility index (Phi) is 5.66. The lowest BCUT2D eigenvalue weighted by atomic mass is 9.43. The van der Waals surface area contributed by atoms with E-state index in [0.29, 0.717) is 19.1 Å². The molecule has 0 amide bonds. The van der Waals surface area contributed by atoms with Gasteiger partial charge in [-0.2, -0.15) is 0 Å². The third-order valence-electron chi connectivity index (χ3n) is 18.3. The number of nitrogens with one attached hydrogen (secondary N) is 1. The van der Waals surface area contributed by atoms with Crippen LogP contribution in [0.3, 0.4) is 0 Å². The summed E-state index contributed by atoms with van der Waals surface area (Å²) in [5, 5.41) is 17.9. The van der Waals surface area contributed by atoms with Crippen LogP contribution in [0.5, 0.6) is 5.75 Å². The summed E-state index contributed by atoms with van der Waals surface area (Å²) in [6, 6.07) is 16.1. The van der Waals surface area contributed by atoms with Crippen LogP contribution in [0.15, 0.2) is 53.7 Å². The molecule has 8 heterocycles. The summed E-state index contributed by atoms with van der Waals surface area (Å²) in [7, 11) is 3.35. The molecule has 2 saturated carbocycles. The van der Waals surface area contributed by atoms with Crippen LogP contribution in [0.25, 0.3) is 0 Å². The van der Waals surface area contributed by atoms with Crippen molar-refractivity contribution in [3.05, 3.63) is 64.9 Å². The molecular weight excluding hydrogens is 665 g/mol. The van der Waals surface area contributed by atoms with Crippen LogP contribution in [0.4, 0.5) is 11.4 Å². The molecule has 2 aromatic carbocycles. The molecule has 9 heteroatoms. The van der Waals surface area contributed by atoms with Crippen LogP contribution in [-0.2, 0) is 25.1 Å². The zero-order chi connectivity index (χ0) is 35.3. The van der Waals surface area contributed by atoms with Gasteiger partial charge in [0.1, 0.15) is 5.75 Å². The Labute approximate surface area is 312 Å². The molecule has 5 spiro atoms. The molecule has 9 nitrogen and oxygen atoms in total. The van der Waals surface area contributed by atoms with E-state index in [1.807, 2.05) is 7.11 Å². The SMILES string of the molecule is COC(=O)C1=C2Nc3ccccc3[C@@]23CCN2C[C@]4(C[C@@H]5C[C@]67CCC[C@H]6CCN6CC[C@@]8(c9cccc(OC)c9N(C4)[C@@]58O)[C@@H]67)[C@@H]4OCC[C@]4(C1)[C@H]23. The predicted octanol–water partition coefficient (Wildman–Crippen LogP) is 5.17. The fourth-order valence-corrected chi connectivity index (χ4v) is 17.4. The fourth-order valence-electron chi connectivity index (χ4n) is 17.4. The molecule has 11 aliphatic rings. The number of esters is 1. The Morgan fingerprint density at radius 2 is 1.75 bits per heavy atom. The Bertz CT molecular complexity index is 2050. The van der Waals surface area contributed by atoms with E-state index in [9.17, 15) is 9.90 Å². The van der Waals surface area contributed by atoms with Crippen LogP contribution in [0, 0.1) is 28.1 Å². The fraction of sp³-hybridized carbons (Fsp3) is 0.659. The Hall–Kier alpha value is -3.11. The number of ether oxygens (including phenoxy) is 3. The monoisotopic (exact) mass is 716 g/mol. The summed E-state index contributed by atoms with van der Waals surface area (Å²) in [4.78, 5) is 22.2. The average Bonchev–Trinajstić information content (AvgIpc) is 4.02. The van der Waals surface area contributed by atoms with Crippen LogP contribution in [0.1, 0.15) is 75.3 Å². The molecule has 8 fully saturated rings. The predicted molar refractivity (Wildman–Crippen MR) is 199 cm³/mol. The molecule has 0 aromatic heterocycles. The number of nitrogens with zero attached hydrogens (tertiary/aromatic N) is 3. The highest BCUT2D eigenvalue weighted by Crippen LogP contribution is 2.78. The molecule has 2 N–H and O–H groups in total. The number of para-hydroxylation sites is 2. The van der Waals surface area contributed by atoms with Crippen molar-refractivity contribution in [3.63, 3.8) is 0 Å². The summed E-state index contributed by atoms with van der Waals surface area (Å²) < 4.78 is 19.2. The number of carbonyl (C=O) groups excluding carboxylic acids is 1. The second-order valence-corrected chi connectivity index (χ2v) is 19.4. The first kappa shape index (κ1) is 31.1. The molecule has 2 aromatic rings. The van der Waals surface area contributed by atoms with Crippen LogP contribution < -0.4 is 15.0 Å². The van der Waals surface area contributed by atoms with E-state index >= 15 is 0 Å². The van der Waals surface area contributed by atoms with Crippen molar-refractivity contribution < 1.29 is 24.1 Å². The van der Waals surface area contributed by atoms with Crippen molar-refractivity contribution in [1.82, 2.24) is 9.80 Å². The highest BCUT2D eigenvalue weighted by atomic mass is 16.5. The number of benzene rings is 2. The first-order valence-electron chi connectivity index (χ1n) is 20.8. The largest absolute Gasteiger partial charge is 0.495 e. The number of anilines is 2. The van der Waals surface area contributed by atoms with Gasteiger partial charge in [-0.05, 0) is 112 Å². The van der Waals surface area contributed by atoms with E-state index in [2.05, 4.69) is 62.5 Å². The zero-order valence-corrected chi connectivity index (χ0v) is 31.2. The maximum Gasteiger partial charge on any atom is 0.335 e. The molecule has 0 radical (unpaired) electrons. The van der Waals surface area contributed by atoms with Crippen molar-refractivity contribution in [2.75, 3.05) is 63.8 Å². The zero-order valence-electron chi connectivity index (χ0n) is 31.2. The van der Waals surface area contributed by atoms with Crippen molar-refractivity contribution in [2.45, 2.75) is 99.0 Å². The maximum atomic E-state index is 14.1. The van der Waals surface area contributed by atoms with Gasteiger partial charge < -0.3 is 29.5 Å². The third-order valence-corrected chi connectivity index (χ3v) is 18.3. The summed E-state index contributed by atoms with van der Waals surface area (Å²) >= 11 is 0. The minimum absolute atomic E-state index is 0.0412.